The van der Waals surface area contributed by atoms with Crippen LogP contribution in [0.1, 0.15) is 40.5 Å². The predicted octanol–water partition coefficient (Wildman–Crippen LogP) is 2.88. The molecule has 0 aliphatic rings. The van der Waals surface area contributed by atoms with E-state index in [2.05, 4.69) is 0 Å². The van der Waals surface area contributed by atoms with Gasteiger partial charge in [0, 0.05) is 29.6 Å². The second kappa shape index (κ2) is 26.0. The van der Waals surface area contributed by atoms with E-state index in [-0.39, 0.29) is 66.1 Å². The average Bonchev–Trinajstić information content (AvgIpc) is 1.79. The molecule has 0 atom stereocenters. The monoisotopic (exact) mass is 331 g/mol. The Morgan fingerprint density at radius 2 is 0.895 bits per heavy atom. The van der Waals surface area contributed by atoms with Gasteiger partial charge in [0.1, 0.15) is 0 Å². The van der Waals surface area contributed by atoms with Crippen molar-refractivity contribution in [3.8, 4) is 0 Å². The molecule has 0 amide bonds. The first-order valence-corrected chi connectivity index (χ1v) is 4.69. The molecule has 0 aromatic carbocycles. The van der Waals surface area contributed by atoms with Gasteiger partial charge in [0.2, 0.25) is 0 Å². The molecule has 14 N–H and O–H groups in total. The van der Waals surface area contributed by atoms with Crippen LogP contribution in [0.4, 0.5) is 0 Å². The molecule has 0 saturated carbocycles. The molecule has 0 bridgehead atoms. The first kappa shape index (κ1) is 42.9. The van der Waals surface area contributed by atoms with Gasteiger partial charge in [-0.2, -0.15) is 0 Å². The Kier molecular flexibility index (Phi) is 58.6. The van der Waals surface area contributed by atoms with E-state index < -0.39 is 11.9 Å². The van der Waals surface area contributed by atoms with Crippen LogP contribution in [0.25, 0.3) is 0 Å². The summed E-state index contributed by atoms with van der Waals surface area (Å²) < 4.78 is 0. The molecule has 0 rings (SSSR count). The molecule has 8 nitrogen and oxygen atoms in total. The van der Waals surface area contributed by atoms with Crippen molar-refractivity contribution in [1.82, 2.24) is 24.6 Å². The van der Waals surface area contributed by atoms with Gasteiger partial charge in [-0.05, 0) is 11.8 Å². The molecule has 0 unspecified atom stereocenters. The number of rotatable bonds is 4. The van der Waals surface area contributed by atoms with Crippen molar-refractivity contribution < 1.29 is 36.6 Å². The summed E-state index contributed by atoms with van der Waals surface area (Å²) in [5, 5.41) is 16.2. The molecule has 0 aliphatic carbocycles. The van der Waals surface area contributed by atoms with Crippen LogP contribution >= 0.6 is 0 Å². The van der Waals surface area contributed by atoms with E-state index in [1.165, 1.54) is 0 Å². The molecular weight excluding hydrogens is 299 g/mol. The summed E-state index contributed by atoms with van der Waals surface area (Å²) in [5.41, 5.74) is 0. The zero-order chi connectivity index (χ0) is 11.7. The van der Waals surface area contributed by atoms with Gasteiger partial charge in [-0.25, -0.2) is 0 Å². The number of aliphatic carboxylic acids is 2. The number of carboxylic acid groups (broad SMARTS) is 2. The topological polar surface area (TPSA) is 215 Å². The van der Waals surface area contributed by atoms with Gasteiger partial charge in [-0.1, -0.05) is 27.7 Å². The minimum atomic E-state index is -0.713. The van der Waals surface area contributed by atoms with Crippen LogP contribution in [-0.2, 0) is 26.4 Å². The maximum absolute atomic E-state index is 9.81. The van der Waals surface area contributed by atoms with Crippen molar-refractivity contribution >= 4 is 11.9 Å². The molecular formula is C10H32CoN4O4. The summed E-state index contributed by atoms with van der Waals surface area (Å²) in [7, 11) is 0. The third kappa shape index (κ3) is 76.1. The molecule has 0 heterocycles. The Hall–Kier alpha value is -0.714. The molecule has 0 fully saturated rings. The summed E-state index contributed by atoms with van der Waals surface area (Å²) in [4.78, 5) is 19.6. The van der Waals surface area contributed by atoms with E-state index in [4.69, 9.17) is 10.2 Å². The SMILES string of the molecule is CC(C)CC(=O)O.CC(C)CC(=O)O.N.N.N.N.[Co]. The second-order valence-electron chi connectivity index (χ2n) is 3.98. The summed E-state index contributed by atoms with van der Waals surface area (Å²) in [6, 6.07) is 0. The number of hydrogen-bond acceptors (Lipinski definition) is 6. The van der Waals surface area contributed by atoms with Crippen LogP contribution in [0.2, 0.25) is 0 Å². The van der Waals surface area contributed by atoms with Crippen molar-refractivity contribution in [3.05, 3.63) is 0 Å². The molecule has 0 spiro atoms. The number of hydrogen-bond donors (Lipinski definition) is 6. The van der Waals surface area contributed by atoms with E-state index >= 15 is 0 Å². The quantitative estimate of drug-likeness (QED) is 0.449. The van der Waals surface area contributed by atoms with Gasteiger partial charge in [0.25, 0.3) is 0 Å². The molecule has 19 heavy (non-hydrogen) atoms. The third-order valence-corrected chi connectivity index (χ3v) is 1.17. The second-order valence-corrected chi connectivity index (χ2v) is 3.98. The van der Waals surface area contributed by atoms with Gasteiger partial charge in [-0.15, -0.1) is 0 Å². The molecule has 0 saturated heterocycles. The predicted molar refractivity (Wildman–Crippen MR) is 74.3 cm³/mol. The Labute approximate surface area is 126 Å². The average molecular weight is 331 g/mol. The molecule has 0 aromatic heterocycles. The molecule has 1 radical (unpaired) electrons. The number of carboxylic acids is 2. The fourth-order valence-corrected chi connectivity index (χ4v) is 0.698. The Balaban J connectivity index is -0.0000000240. The van der Waals surface area contributed by atoms with Crippen LogP contribution in [0.15, 0.2) is 0 Å². The maximum Gasteiger partial charge on any atom is 0.303 e. The van der Waals surface area contributed by atoms with Crippen molar-refractivity contribution in [2.75, 3.05) is 0 Å². The van der Waals surface area contributed by atoms with Crippen molar-refractivity contribution in [3.63, 3.8) is 0 Å². The molecule has 0 aromatic rings. The van der Waals surface area contributed by atoms with Gasteiger partial charge in [-0.3, -0.25) is 9.59 Å². The van der Waals surface area contributed by atoms with Crippen LogP contribution in [0.3, 0.4) is 0 Å². The first-order valence-electron chi connectivity index (χ1n) is 4.69. The standard InChI is InChI=1S/2C5H10O2.Co.4H3N/c2*1-4(2)3-5(6)7;;;;;/h2*4H,3H2,1-2H3,(H,6,7);;4*1H3. The number of carbonyl (C=O) groups is 2. The van der Waals surface area contributed by atoms with Gasteiger partial charge in [0.15, 0.2) is 0 Å². The van der Waals surface area contributed by atoms with E-state index in [0.717, 1.165) is 0 Å². The Bertz CT molecular complexity index is 172. The third-order valence-electron chi connectivity index (χ3n) is 1.17. The molecule has 125 valence electrons. The van der Waals surface area contributed by atoms with Crippen molar-refractivity contribution in [2.24, 2.45) is 11.8 Å². The minimum Gasteiger partial charge on any atom is -0.481 e. The first-order chi connectivity index (χ1) is 6.25. The summed E-state index contributed by atoms with van der Waals surface area (Å²) in [6.45, 7) is 7.53. The zero-order valence-corrected chi connectivity index (χ0v) is 13.5. The van der Waals surface area contributed by atoms with E-state index in [1.54, 1.807) is 0 Å². The zero-order valence-electron chi connectivity index (χ0n) is 12.4. The van der Waals surface area contributed by atoms with Crippen molar-refractivity contribution in [2.45, 2.75) is 40.5 Å². The summed E-state index contributed by atoms with van der Waals surface area (Å²) >= 11 is 0. The van der Waals surface area contributed by atoms with Crippen LogP contribution < -0.4 is 24.6 Å². The van der Waals surface area contributed by atoms with E-state index in [0.29, 0.717) is 0 Å². The normalized spacial score (nSPS) is 7.05. The molecule has 0 aliphatic heterocycles. The van der Waals surface area contributed by atoms with Crippen molar-refractivity contribution in [1.29, 1.82) is 0 Å². The van der Waals surface area contributed by atoms with Crippen LogP contribution in [0, 0.1) is 11.8 Å². The van der Waals surface area contributed by atoms with Crippen LogP contribution in [-0.4, -0.2) is 22.2 Å². The van der Waals surface area contributed by atoms with E-state index in [1.807, 2.05) is 27.7 Å². The Morgan fingerprint density at radius 1 is 0.737 bits per heavy atom. The summed E-state index contributed by atoms with van der Waals surface area (Å²) in [6.07, 6.45) is 0.556. The maximum atomic E-state index is 9.81. The van der Waals surface area contributed by atoms with E-state index in [9.17, 15) is 9.59 Å². The molecule has 9 heteroatoms. The largest absolute Gasteiger partial charge is 0.481 e. The fourth-order valence-electron chi connectivity index (χ4n) is 0.698. The van der Waals surface area contributed by atoms with Gasteiger partial charge in [0.05, 0.1) is 0 Å². The smallest absolute Gasteiger partial charge is 0.303 e. The fraction of sp³-hybridized carbons (Fsp3) is 0.800. The van der Waals surface area contributed by atoms with Gasteiger partial charge >= 0.3 is 11.9 Å². The van der Waals surface area contributed by atoms with Gasteiger partial charge < -0.3 is 34.8 Å². The van der Waals surface area contributed by atoms with Crippen LogP contribution in [0.5, 0.6) is 0 Å². The Morgan fingerprint density at radius 3 is 0.895 bits per heavy atom. The summed E-state index contributed by atoms with van der Waals surface area (Å²) in [5.74, 6) is -0.875. The minimum absolute atomic E-state index is 0.